The lowest BCUT2D eigenvalue weighted by atomic mass is 10.1. The average Bonchev–Trinajstić information content (AvgIpc) is 3.02. The van der Waals surface area contributed by atoms with Crippen LogP contribution in [0, 0.1) is 5.92 Å². The maximum Gasteiger partial charge on any atom is 0.228 e. The molecule has 0 radical (unpaired) electrons. The van der Waals surface area contributed by atoms with Crippen molar-refractivity contribution in [1.29, 1.82) is 0 Å². The Hall–Kier alpha value is -1.14. The lowest BCUT2D eigenvalue weighted by Gasteiger charge is -2.26. The molecule has 1 unspecified atom stereocenters. The average molecular weight is 270 g/mol. The molecular weight excluding hydrogens is 248 g/mol. The summed E-state index contributed by atoms with van der Waals surface area (Å²) in [6, 6.07) is -0.0596. The molecule has 6 nitrogen and oxygen atoms in total. The summed E-state index contributed by atoms with van der Waals surface area (Å²) in [5, 5.41) is 9.26. The molecule has 2 saturated heterocycles. The number of aliphatic hydroxyl groups is 1. The highest BCUT2D eigenvalue weighted by Gasteiger charge is 2.39. The van der Waals surface area contributed by atoms with Gasteiger partial charge in [0.1, 0.15) is 0 Å². The second kappa shape index (κ2) is 6.34. The normalized spacial score (nSPS) is 27.4. The van der Waals surface area contributed by atoms with Crippen LogP contribution < -0.4 is 0 Å². The molecule has 2 aliphatic heterocycles. The van der Waals surface area contributed by atoms with Crippen LogP contribution in [-0.2, 0) is 14.3 Å². The summed E-state index contributed by atoms with van der Waals surface area (Å²) in [6.45, 7) is 2.24. The fourth-order valence-corrected chi connectivity index (χ4v) is 2.91. The van der Waals surface area contributed by atoms with E-state index in [9.17, 15) is 14.7 Å². The van der Waals surface area contributed by atoms with E-state index in [2.05, 4.69) is 0 Å². The largest absolute Gasteiger partial charge is 0.394 e. The van der Waals surface area contributed by atoms with Crippen LogP contribution in [0.2, 0.25) is 0 Å². The number of rotatable bonds is 5. The third kappa shape index (κ3) is 3.06. The smallest absolute Gasteiger partial charge is 0.228 e. The number of nitrogens with zero attached hydrogens (tertiary/aromatic N) is 2. The van der Waals surface area contributed by atoms with Crippen LogP contribution in [0.5, 0.6) is 0 Å². The monoisotopic (exact) mass is 270 g/mol. The number of carbonyl (C=O) groups is 2. The van der Waals surface area contributed by atoms with E-state index in [0.717, 1.165) is 12.8 Å². The summed E-state index contributed by atoms with van der Waals surface area (Å²) in [7, 11) is 1.60. The van der Waals surface area contributed by atoms with Crippen molar-refractivity contribution in [2.24, 2.45) is 5.92 Å². The van der Waals surface area contributed by atoms with Gasteiger partial charge in [-0.1, -0.05) is 0 Å². The van der Waals surface area contributed by atoms with Gasteiger partial charge in [0, 0.05) is 33.2 Å². The van der Waals surface area contributed by atoms with E-state index in [1.807, 2.05) is 0 Å². The second-order valence-electron chi connectivity index (χ2n) is 5.24. The minimum atomic E-state index is -0.253. The van der Waals surface area contributed by atoms with Crippen LogP contribution in [0.3, 0.4) is 0 Å². The van der Waals surface area contributed by atoms with E-state index in [0.29, 0.717) is 26.2 Å². The fraction of sp³-hybridized carbons (Fsp3) is 0.846. The Kier molecular flexibility index (Phi) is 4.76. The first-order valence-corrected chi connectivity index (χ1v) is 6.85. The van der Waals surface area contributed by atoms with Crippen molar-refractivity contribution in [3.63, 3.8) is 0 Å². The lowest BCUT2D eigenvalue weighted by molar-refractivity contribution is -0.137. The minimum absolute atomic E-state index is 0.0137. The molecule has 2 aliphatic rings. The van der Waals surface area contributed by atoms with Gasteiger partial charge in [-0.2, -0.15) is 0 Å². The molecule has 108 valence electrons. The van der Waals surface area contributed by atoms with Crippen molar-refractivity contribution in [2.45, 2.75) is 25.3 Å². The van der Waals surface area contributed by atoms with E-state index in [-0.39, 0.29) is 36.8 Å². The predicted octanol–water partition coefficient (Wildman–Crippen LogP) is -0.535. The van der Waals surface area contributed by atoms with E-state index in [1.165, 1.54) is 0 Å². The van der Waals surface area contributed by atoms with Crippen LogP contribution in [-0.4, -0.2) is 72.7 Å². The highest BCUT2D eigenvalue weighted by molar-refractivity contribution is 5.89. The molecule has 0 saturated carbocycles. The van der Waals surface area contributed by atoms with Gasteiger partial charge < -0.3 is 19.6 Å². The first-order valence-electron chi connectivity index (χ1n) is 6.85. The van der Waals surface area contributed by atoms with Gasteiger partial charge in [-0.25, -0.2) is 0 Å². The maximum absolute atomic E-state index is 12.4. The molecule has 0 aromatic heterocycles. The lowest BCUT2D eigenvalue weighted by Crippen LogP contribution is -2.42. The third-order valence-electron chi connectivity index (χ3n) is 4.00. The van der Waals surface area contributed by atoms with E-state index >= 15 is 0 Å². The van der Waals surface area contributed by atoms with E-state index < -0.39 is 0 Å². The zero-order valence-electron chi connectivity index (χ0n) is 11.4. The standard InChI is InChI=1S/C13H22N2O4/c1-19-6-5-14-8-10(7-12(14)17)13(18)15-4-2-3-11(15)9-16/h10-11,16H,2-9H2,1H3/t10?,11-/m0/s1. The van der Waals surface area contributed by atoms with Gasteiger partial charge in [0.15, 0.2) is 0 Å². The van der Waals surface area contributed by atoms with Crippen LogP contribution in [0.25, 0.3) is 0 Å². The van der Waals surface area contributed by atoms with Gasteiger partial charge in [-0.15, -0.1) is 0 Å². The van der Waals surface area contributed by atoms with Gasteiger partial charge in [0.25, 0.3) is 0 Å². The highest BCUT2D eigenvalue weighted by atomic mass is 16.5. The number of hydrogen-bond acceptors (Lipinski definition) is 4. The van der Waals surface area contributed by atoms with E-state index in [1.54, 1.807) is 16.9 Å². The first kappa shape index (κ1) is 14.3. The van der Waals surface area contributed by atoms with Crippen LogP contribution in [0.15, 0.2) is 0 Å². The number of carbonyl (C=O) groups excluding carboxylic acids is 2. The number of methoxy groups -OCH3 is 1. The Labute approximate surface area is 113 Å². The molecule has 0 aromatic carbocycles. The third-order valence-corrected chi connectivity index (χ3v) is 4.00. The maximum atomic E-state index is 12.4. The zero-order chi connectivity index (χ0) is 13.8. The number of ether oxygens (including phenoxy) is 1. The summed E-state index contributed by atoms with van der Waals surface area (Å²) < 4.78 is 4.96. The molecule has 1 N–H and O–H groups in total. The van der Waals surface area contributed by atoms with Crippen LogP contribution >= 0.6 is 0 Å². The van der Waals surface area contributed by atoms with E-state index in [4.69, 9.17) is 4.74 Å². The topological polar surface area (TPSA) is 70.1 Å². The van der Waals surface area contributed by atoms with Crippen molar-refractivity contribution in [1.82, 2.24) is 9.80 Å². The highest BCUT2D eigenvalue weighted by Crippen LogP contribution is 2.25. The Balaban J connectivity index is 1.92. The van der Waals surface area contributed by atoms with Crippen molar-refractivity contribution in [3.05, 3.63) is 0 Å². The molecule has 0 aromatic rings. The SMILES string of the molecule is COCCN1CC(C(=O)N2CCC[C@H]2CO)CC1=O. The molecule has 0 aliphatic carbocycles. The number of amides is 2. The summed E-state index contributed by atoms with van der Waals surface area (Å²) in [6.07, 6.45) is 2.08. The Morgan fingerprint density at radius 1 is 1.53 bits per heavy atom. The van der Waals surface area contributed by atoms with Gasteiger partial charge in [-0.3, -0.25) is 9.59 Å². The summed E-state index contributed by atoms with van der Waals surface area (Å²) in [4.78, 5) is 27.6. The fourth-order valence-electron chi connectivity index (χ4n) is 2.91. The second-order valence-corrected chi connectivity index (χ2v) is 5.24. The van der Waals surface area contributed by atoms with Crippen molar-refractivity contribution in [3.8, 4) is 0 Å². The molecule has 2 rings (SSSR count). The Bertz CT molecular complexity index is 348. The summed E-state index contributed by atoms with van der Waals surface area (Å²) in [5.41, 5.74) is 0. The number of aliphatic hydroxyl groups excluding tert-OH is 1. The molecule has 0 spiro atoms. The molecule has 0 bridgehead atoms. The first-order chi connectivity index (χ1) is 9.17. The molecule has 2 atom stereocenters. The summed E-state index contributed by atoms with van der Waals surface area (Å²) in [5.74, 6) is -0.212. The van der Waals surface area contributed by atoms with Crippen molar-refractivity contribution < 1.29 is 19.4 Å². The number of hydrogen-bond donors (Lipinski definition) is 1. The molecule has 2 fully saturated rings. The quantitative estimate of drug-likeness (QED) is 0.729. The number of likely N-dealkylation sites (tertiary alicyclic amines) is 2. The predicted molar refractivity (Wildman–Crippen MR) is 68.4 cm³/mol. The van der Waals surface area contributed by atoms with Crippen molar-refractivity contribution >= 4 is 11.8 Å². The summed E-state index contributed by atoms with van der Waals surface area (Å²) >= 11 is 0. The van der Waals surface area contributed by atoms with Crippen molar-refractivity contribution in [2.75, 3.05) is 40.0 Å². The van der Waals surface area contributed by atoms with Crippen LogP contribution in [0.1, 0.15) is 19.3 Å². The zero-order valence-corrected chi connectivity index (χ0v) is 11.4. The Morgan fingerprint density at radius 2 is 2.32 bits per heavy atom. The van der Waals surface area contributed by atoms with Gasteiger partial charge >= 0.3 is 0 Å². The van der Waals surface area contributed by atoms with Gasteiger partial charge in [-0.05, 0) is 12.8 Å². The molecule has 6 heteroatoms. The van der Waals surface area contributed by atoms with Gasteiger partial charge in [0.05, 0.1) is 25.2 Å². The van der Waals surface area contributed by atoms with Gasteiger partial charge in [0.2, 0.25) is 11.8 Å². The molecular formula is C13H22N2O4. The minimum Gasteiger partial charge on any atom is -0.394 e. The van der Waals surface area contributed by atoms with Crippen LogP contribution in [0.4, 0.5) is 0 Å². The molecule has 2 heterocycles. The Morgan fingerprint density at radius 3 is 3.00 bits per heavy atom. The molecule has 19 heavy (non-hydrogen) atoms. The molecule has 2 amide bonds.